The summed E-state index contributed by atoms with van der Waals surface area (Å²) in [7, 11) is 2.07. The molecule has 7 nitrogen and oxygen atoms in total. The van der Waals surface area contributed by atoms with E-state index in [1.807, 2.05) is 26.8 Å². The highest BCUT2D eigenvalue weighted by molar-refractivity contribution is 7.91. The van der Waals surface area contributed by atoms with Gasteiger partial charge in [-0.1, -0.05) is 22.6 Å². The molecule has 1 unspecified atom stereocenters. The molecule has 0 bridgehead atoms. The summed E-state index contributed by atoms with van der Waals surface area (Å²) in [6.45, 7) is 7.65. The Kier molecular flexibility index (Phi) is 5.92. The van der Waals surface area contributed by atoms with E-state index in [1.165, 1.54) is 23.7 Å². The molecule has 37 heavy (non-hydrogen) atoms. The van der Waals surface area contributed by atoms with Gasteiger partial charge in [0.1, 0.15) is 16.1 Å². The van der Waals surface area contributed by atoms with Crippen LogP contribution in [0.25, 0.3) is 33.5 Å². The largest absolute Gasteiger partial charge is 0.591 e. The quantitative estimate of drug-likeness (QED) is 0.264. The second-order valence-corrected chi connectivity index (χ2v) is 13.2. The fraction of sp³-hybridized carbons (Fsp3) is 0.414. The minimum absolute atomic E-state index is 0.0220. The van der Waals surface area contributed by atoms with Crippen LogP contribution in [0.5, 0.6) is 0 Å². The number of rotatable bonds is 6. The van der Waals surface area contributed by atoms with E-state index >= 15 is 0 Å². The summed E-state index contributed by atoms with van der Waals surface area (Å²) >= 11 is -1.33. The lowest BCUT2D eigenvalue weighted by Gasteiger charge is -2.27. The van der Waals surface area contributed by atoms with Crippen LogP contribution in [0.2, 0.25) is 0 Å². The molecule has 1 amide bonds. The van der Waals surface area contributed by atoms with Crippen molar-refractivity contribution in [2.24, 2.45) is 17.4 Å². The number of fused-ring (bicyclic) bond motifs is 3. The number of carbonyl (C=O) groups excluding carboxylic acids is 1. The van der Waals surface area contributed by atoms with E-state index in [1.54, 1.807) is 11.1 Å². The predicted octanol–water partition coefficient (Wildman–Crippen LogP) is 5.14. The molecular weight excluding hydrogens is 482 g/mol. The lowest BCUT2D eigenvalue weighted by molar-refractivity contribution is 0.0766. The summed E-state index contributed by atoms with van der Waals surface area (Å²) in [5.41, 5.74) is 6.00. The summed E-state index contributed by atoms with van der Waals surface area (Å²) < 4.78 is 20.6. The Morgan fingerprint density at radius 1 is 1.16 bits per heavy atom. The molecule has 1 aliphatic heterocycles. The molecule has 6 rings (SSSR count). The first-order valence-electron chi connectivity index (χ1n) is 13.0. The maximum Gasteiger partial charge on any atom is 0.254 e. The third-order valence-corrected chi connectivity index (χ3v) is 8.84. The zero-order valence-electron chi connectivity index (χ0n) is 21.9. The number of benzene rings is 2. The average Bonchev–Trinajstić information content (AvgIpc) is 3.54. The highest BCUT2D eigenvalue weighted by Crippen LogP contribution is 2.37. The lowest BCUT2D eigenvalue weighted by atomic mass is 9.98. The van der Waals surface area contributed by atoms with Crippen LogP contribution in [-0.4, -0.2) is 53.5 Å². The standard InChI is InChI=1S/C29H33N5O2S/c1-29(2,3)37(36)30-12-14-33-13-11-20-15-25-23(17-22(20)28(33)35)31-27(32(25)4)26-16-21-7-5-6-8-24(21)34(26)18-19-9-10-19/h5-8,12,15-17,19H,9-11,13-14,18H2,1-4H3. The minimum Gasteiger partial charge on any atom is -0.591 e. The zero-order chi connectivity index (χ0) is 25.9. The Morgan fingerprint density at radius 3 is 2.70 bits per heavy atom. The Hall–Kier alpha value is -3.10. The van der Waals surface area contributed by atoms with Gasteiger partial charge in [-0.2, -0.15) is 0 Å². The van der Waals surface area contributed by atoms with E-state index in [9.17, 15) is 9.35 Å². The fourth-order valence-corrected chi connectivity index (χ4v) is 5.64. The van der Waals surface area contributed by atoms with Crippen LogP contribution < -0.4 is 0 Å². The fourth-order valence-electron chi connectivity index (χ4n) is 5.13. The van der Waals surface area contributed by atoms with Crippen LogP contribution in [0.15, 0.2) is 46.9 Å². The number of hydrogen-bond acceptors (Lipinski definition) is 4. The molecule has 0 radical (unpaired) electrons. The Labute approximate surface area is 220 Å². The van der Waals surface area contributed by atoms with E-state index in [0.717, 1.165) is 47.0 Å². The van der Waals surface area contributed by atoms with Crippen LogP contribution in [0, 0.1) is 5.92 Å². The first-order chi connectivity index (χ1) is 17.7. The van der Waals surface area contributed by atoms with Gasteiger partial charge in [-0.3, -0.25) is 4.79 Å². The summed E-state index contributed by atoms with van der Waals surface area (Å²) in [6.07, 6.45) is 4.96. The molecule has 0 N–H and O–H groups in total. The van der Waals surface area contributed by atoms with Crippen LogP contribution in [0.3, 0.4) is 0 Å². The van der Waals surface area contributed by atoms with Gasteiger partial charge in [0, 0.05) is 36.6 Å². The highest BCUT2D eigenvalue weighted by Gasteiger charge is 2.29. The molecule has 1 aliphatic carbocycles. The van der Waals surface area contributed by atoms with Crippen molar-refractivity contribution in [2.45, 2.75) is 51.3 Å². The molecule has 8 heteroatoms. The van der Waals surface area contributed by atoms with E-state index in [2.05, 4.69) is 57.0 Å². The van der Waals surface area contributed by atoms with Crippen LogP contribution in [-0.2, 0) is 31.4 Å². The van der Waals surface area contributed by atoms with Gasteiger partial charge in [-0.15, -0.1) is 0 Å². The number of aromatic nitrogens is 3. The van der Waals surface area contributed by atoms with E-state index in [-0.39, 0.29) is 5.91 Å². The number of imidazole rings is 1. The van der Waals surface area contributed by atoms with Gasteiger partial charge >= 0.3 is 0 Å². The number of hydrogen-bond donors (Lipinski definition) is 0. The van der Waals surface area contributed by atoms with Crippen molar-refractivity contribution in [3.8, 4) is 11.5 Å². The predicted molar refractivity (Wildman–Crippen MR) is 150 cm³/mol. The van der Waals surface area contributed by atoms with Crippen LogP contribution in [0.1, 0.15) is 49.5 Å². The van der Waals surface area contributed by atoms with Crippen LogP contribution in [0.4, 0.5) is 0 Å². The molecule has 4 aromatic rings. The zero-order valence-corrected chi connectivity index (χ0v) is 22.7. The minimum atomic E-state index is -1.33. The number of para-hydroxylation sites is 1. The van der Waals surface area contributed by atoms with Gasteiger partial charge in [0.25, 0.3) is 5.91 Å². The molecule has 1 saturated carbocycles. The molecule has 1 atom stereocenters. The summed E-state index contributed by atoms with van der Waals surface area (Å²) in [4.78, 5) is 20.2. The topological polar surface area (TPSA) is 78.5 Å². The van der Waals surface area contributed by atoms with Crippen molar-refractivity contribution in [1.29, 1.82) is 0 Å². The monoisotopic (exact) mass is 515 g/mol. The molecule has 2 aromatic carbocycles. The Balaban J connectivity index is 1.34. The molecular formula is C29H33N5O2S. The number of aryl methyl sites for hydroxylation is 1. The van der Waals surface area contributed by atoms with Gasteiger partial charge in [-0.05, 0) is 75.8 Å². The molecule has 2 aromatic heterocycles. The third-order valence-electron chi connectivity index (χ3n) is 7.45. The van der Waals surface area contributed by atoms with Gasteiger partial charge in [0.15, 0.2) is 5.82 Å². The van der Waals surface area contributed by atoms with Crippen molar-refractivity contribution in [1.82, 2.24) is 19.0 Å². The number of carbonyl (C=O) groups is 1. The second-order valence-electron chi connectivity index (χ2n) is 11.3. The number of amides is 1. The van der Waals surface area contributed by atoms with Crippen molar-refractivity contribution in [3.05, 3.63) is 53.6 Å². The van der Waals surface area contributed by atoms with Crippen molar-refractivity contribution < 1.29 is 9.35 Å². The van der Waals surface area contributed by atoms with E-state index in [4.69, 9.17) is 4.98 Å². The Morgan fingerprint density at radius 2 is 1.95 bits per heavy atom. The molecule has 1 fully saturated rings. The molecule has 192 valence electrons. The van der Waals surface area contributed by atoms with Gasteiger partial charge in [0.2, 0.25) is 0 Å². The van der Waals surface area contributed by atoms with Crippen molar-refractivity contribution in [2.75, 3.05) is 13.1 Å². The maximum atomic E-state index is 13.3. The Bertz CT molecular complexity index is 1540. The summed E-state index contributed by atoms with van der Waals surface area (Å²) in [6, 6.07) is 14.9. The first kappa shape index (κ1) is 24.2. The van der Waals surface area contributed by atoms with Gasteiger partial charge < -0.3 is 18.6 Å². The lowest BCUT2D eigenvalue weighted by Crippen LogP contribution is -2.39. The summed E-state index contributed by atoms with van der Waals surface area (Å²) in [5, 5.41) is 1.23. The third kappa shape index (κ3) is 4.46. The molecule has 2 aliphatic rings. The second kappa shape index (κ2) is 9.03. The average molecular weight is 516 g/mol. The van der Waals surface area contributed by atoms with Crippen molar-refractivity contribution in [3.63, 3.8) is 0 Å². The maximum absolute atomic E-state index is 13.3. The normalized spacial score (nSPS) is 17.3. The highest BCUT2D eigenvalue weighted by atomic mass is 32.2. The van der Waals surface area contributed by atoms with E-state index in [0.29, 0.717) is 18.7 Å². The summed E-state index contributed by atoms with van der Waals surface area (Å²) in [5.74, 6) is 1.64. The molecule has 0 saturated heterocycles. The smallest absolute Gasteiger partial charge is 0.254 e. The van der Waals surface area contributed by atoms with E-state index < -0.39 is 16.1 Å². The molecule has 0 spiro atoms. The molecule has 3 heterocycles. The van der Waals surface area contributed by atoms with Crippen molar-refractivity contribution >= 4 is 45.4 Å². The van der Waals surface area contributed by atoms with Gasteiger partial charge in [-0.25, -0.2) is 4.98 Å². The van der Waals surface area contributed by atoms with Crippen LogP contribution >= 0.6 is 0 Å². The SMILES string of the molecule is Cn1c(-c2cc3ccccc3n2CC2CC2)nc2cc3c(cc21)CCN(CC=N[S+]([O-])C(C)(C)C)C3=O. The van der Waals surface area contributed by atoms with Gasteiger partial charge in [0.05, 0.1) is 29.5 Å². The number of nitrogens with zero attached hydrogens (tertiary/aromatic N) is 5. The first-order valence-corrected chi connectivity index (χ1v) is 14.1.